The summed E-state index contributed by atoms with van der Waals surface area (Å²) in [7, 11) is 4.16. The van der Waals surface area contributed by atoms with Crippen LogP contribution in [0.5, 0.6) is 0 Å². The lowest BCUT2D eigenvalue weighted by Gasteiger charge is -2.11. The molecule has 0 saturated carbocycles. The third-order valence-corrected chi connectivity index (χ3v) is 5.01. The van der Waals surface area contributed by atoms with Crippen LogP contribution in [0, 0.1) is 0 Å². The molecule has 1 aliphatic rings. The average molecular weight is 367 g/mol. The normalized spacial score (nSPS) is 14.0. The number of anilines is 1. The lowest BCUT2D eigenvalue weighted by atomic mass is 10.0. The van der Waals surface area contributed by atoms with E-state index in [1.807, 2.05) is 6.07 Å². The topological polar surface area (TPSA) is 27.6 Å². The Morgan fingerprint density at radius 2 is 1.68 bits per heavy atom. The molecule has 0 amide bonds. The van der Waals surface area contributed by atoms with Crippen LogP contribution in [0.2, 0.25) is 0 Å². The molecule has 0 atom stereocenters. The SMILES string of the molecule is CN(C)C1=CCC(CC(=NNc2ccc3ccccc3c2)c2ccccc2)=C1. The third-order valence-electron chi connectivity index (χ3n) is 5.01. The fourth-order valence-electron chi connectivity index (χ4n) is 3.44. The van der Waals surface area contributed by atoms with Crippen LogP contribution in [0.15, 0.2) is 101 Å². The van der Waals surface area contributed by atoms with E-state index in [0.717, 1.165) is 29.8 Å². The van der Waals surface area contributed by atoms with Gasteiger partial charge in [0, 0.05) is 26.2 Å². The van der Waals surface area contributed by atoms with Gasteiger partial charge in [-0.2, -0.15) is 5.10 Å². The molecule has 4 rings (SSSR count). The average Bonchev–Trinajstić information content (AvgIpc) is 3.20. The van der Waals surface area contributed by atoms with Crippen LogP contribution in [-0.4, -0.2) is 24.7 Å². The minimum atomic E-state index is 0.832. The number of fused-ring (bicyclic) bond motifs is 1. The Bertz CT molecular complexity index is 1060. The summed E-state index contributed by atoms with van der Waals surface area (Å²) in [6.07, 6.45) is 6.36. The highest BCUT2D eigenvalue weighted by Crippen LogP contribution is 2.24. The second-order valence-corrected chi connectivity index (χ2v) is 7.31. The molecule has 0 heterocycles. The molecule has 0 aliphatic heterocycles. The number of likely N-dealkylation sites (N-methyl/N-ethyl adjacent to an activating group) is 1. The van der Waals surface area contributed by atoms with Crippen molar-refractivity contribution in [2.45, 2.75) is 12.8 Å². The molecule has 0 unspecified atom stereocenters. The Labute approximate surface area is 166 Å². The van der Waals surface area contributed by atoms with Gasteiger partial charge in [-0.25, -0.2) is 0 Å². The summed E-state index contributed by atoms with van der Waals surface area (Å²) in [5.41, 5.74) is 9.12. The minimum absolute atomic E-state index is 0.832. The maximum atomic E-state index is 4.79. The fourth-order valence-corrected chi connectivity index (χ4v) is 3.44. The maximum absolute atomic E-state index is 4.79. The highest BCUT2D eigenvalue weighted by Gasteiger charge is 2.12. The molecular weight excluding hydrogens is 342 g/mol. The van der Waals surface area contributed by atoms with Crippen LogP contribution in [0.1, 0.15) is 18.4 Å². The van der Waals surface area contributed by atoms with Crippen molar-refractivity contribution in [3.63, 3.8) is 0 Å². The van der Waals surface area contributed by atoms with Crippen molar-refractivity contribution in [2.75, 3.05) is 19.5 Å². The molecule has 140 valence electrons. The van der Waals surface area contributed by atoms with Gasteiger partial charge in [-0.15, -0.1) is 0 Å². The summed E-state index contributed by atoms with van der Waals surface area (Å²) in [5.74, 6) is 0. The number of nitrogens with zero attached hydrogens (tertiary/aromatic N) is 2. The number of hydrogen-bond acceptors (Lipinski definition) is 3. The van der Waals surface area contributed by atoms with Gasteiger partial charge in [0.25, 0.3) is 0 Å². The molecule has 0 fully saturated rings. The largest absolute Gasteiger partial charge is 0.378 e. The predicted molar refractivity (Wildman–Crippen MR) is 120 cm³/mol. The van der Waals surface area contributed by atoms with Crippen molar-refractivity contribution in [2.24, 2.45) is 5.10 Å². The molecule has 0 aromatic heterocycles. The minimum Gasteiger partial charge on any atom is -0.378 e. The summed E-state index contributed by atoms with van der Waals surface area (Å²) in [5, 5.41) is 7.24. The lowest BCUT2D eigenvalue weighted by molar-refractivity contribution is 0.531. The van der Waals surface area contributed by atoms with Gasteiger partial charge in [0.1, 0.15) is 0 Å². The fraction of sp³-hybridized carbons (Fsp3) is 0.160. The first-order valence-corrected chi connectivity index (χ1v) is 9.63. The number of hydrogen-bond donors (Lipinski definition) is 1. The maximum Gasteiger partial charge on any atom is 0.0720 e. The van der Waals surface area contributed by atoms with Gasteiger partial charge < -0.3 is 4.90 Å². The summed E-state index contributed by atoms with van der Waals surface area (Å²) in [6, 6.07) is 25.1. The zero-order valence-corrected chi connectivity index (χ0v) is 16.4. The van der Waals surface area contributed by atoms with Crippen molar-refractivity contribution in [1.82, 2.24) is 4.90 Å². The standard InChI is InChI=1S/C25H25N3/c1-28(2)24-15-12-19(16-24)17-25(21-9-4-3-5-10-21)27-26-23-14-13-20-8-6-7-11-22(20)18-23/h3-11,13-16,18,26H,12,17H2,1-2H3. The zero-order chi connectivity index (χ0) is 19.3. The Morgan fingerprint density at radius 1 is 0.929 bits per heavy atom. The first-order valence-electron chi connectivity index (χ1n) is 9.63. The summed E-state index contributed by atoms with van der Waals surface area (Å²) >= 11 is 0. The van der Waals surface area contributed by atoms with Crippen LogP contribution in [0.25, 0.3) is 10.8 Å². The van der Waals surface area contributed by atoms with Gasteiger partial charge in [0.2, 0.25) is 0 Å². The molecule has 1 aliphatic carbocycles. The van der Waals surface area contributed by atoms with E-state index in [1.54, 1.807) is 0 Å². The van der Waals surface area contributed by atoms with Crippen LogP contribution in [0.4, 0.5) is 5.69 Å². The number of benzene rings is 3. The van der Waals surface area contributed by atoms with Gasteiger partial charge in [0.15, 0.2) is 0 Å². The van der Waals surface area contributed by atoms with Crippen LogP contribution in [-0.2, 0) is 0 Å². The quantitative estimate of drug-likeness (QED) is 0.439. The molecule has 0 radical (unpaired) electrons. The van der Waals surface area contributed by atoms with E-state index in [1.165, 1.54) is 22.0 Å². The Hall–Kier alpha value is -3.33. The van der Waals surface area contributed by atoms with Crippen LogP contribution >= 0.6 is 0 Å². The monoisotopic (exact) mass is 367 g/mol. The second kappa shape index (κ2) is 8.13. The van der Waals surface area contributed by atoms with Gasteiger partial charge in [0.05, 0.1) is 11.4 Å². The highest BCUT2D eigenvalue weighted by molar-refractivity contribution is 6.02. The van der Waals surface area contributed by atoms with E-state index < -0.39 is 0 Å². The van der Waals surface area contributed by atoms with Gasteiger partial charge >= 0.3 is 0 Å². The summed E-state index contributed by atoms with van der Waals surface area (Å²) in [6.45, 7) is 0. The van der Waals surface area contributed by atoms with Crippen LogP contribution < -0.4 is 5.43 Å². The molecular formula is C25H25N3. The molecule has 28 heavy (non-hydrogen) atoms. The second-order valence-electron chi connectivity index (χ2n) is 7.31. The number of rotatable bonds is 6. The van der Waals surface area contributed by atoms with Gasteiger partial charge in [-0.1, -0.05) is 72.3 Å². The molecule has 1 N–H and O–H groups in total. The predicted octanol–water partition coefficient (Wildman–Crippen LogP) is 5.82. The van der Waals surface area contributed by atoms with Gasteiger partial charge in [-0.05, 0) is 41.0 Å². The van der Waals surface area contributed by atoms with Gasteiger partial charge in [-0.3, -0.25) is 5.43 Å². The Morgan fingerprint density at radius 3 is 2.43 bits per heavy atom. The van der Waals surface area contributed by atoms with Crippen molar-refractivity contribution in [3.8, 4) is 0 Å². The Balaban J connectivity index is 1.59. The van der Waals surface area contributed by atoms with Crippen molar-refractivity contribution in [1.29, 1.82) is 0 Å². The Kier molecular flexibility index (Phi) is 5.24. The van der Waals surface area contributed by atoms with Crippen molar-refractivity contribution < 1.29 is 0 Å². The summed E-state index contributed by atoms with van der Waals surface area (Å²) < 4.78 is 0. The molecule has 0 bridgehead atoms. The van der Waals surface area contributed by atoms with Crippen LogP contribution in [0.3, 0.4) is 0 Å². The summed E-state index contributed by atoms with van der Waals surface area (Å²) in [4.78, 5) is 2.15. The molecule has 0 spiro atoms. The van der Waals surface area contributed by atoms with Crippen molar-refractivity contribution in [3.05, 3.63) is 102 Å². The van der Waals surface area contributed by atoms with E-state index in [9.17, 15) is 0 Å². The van der Waals surface area contributed by atoms with E-state index >= 15 is 0 Å². The smallest absolute Gasteiger partial charge is 0.0720 e. The van der Waals surface area contributed by atoms with E-state index in [2.05, 4.69) is 103 Å². The first-order chi connectivity index (χ1) is 13.7. The molecule has 3 aromatic carbocycles. The lowest BCUT2D eigenvalue weighted by Crippen LogP contribution is -2.08. The molecule has 3 heteroatoms. The number of allylic oxidation sites excluding steroid dienone is 3. The number of hydrazone groups is 1. The zero-order valence-electron chi connectivity index (χ0n) is 16.4. The van der Waals surface area contributed by atoms with E-state index in [4.69, 9.17) is 5.10 Å². The molecule has 3 nitrogen and oxygen atoms in total. The third kappa shape index (κ3) is 4.15. The first kappa shape index (κ1) is 18.1. The molecule has 0 saturated heterocycles. The molecule has 3 aromatic rings. The van der Waals surface area contributed by atoms with Crippen molar-refractivity contribution >= 4 is 22.2 Å². The van der Waals surface area contributed by atoms with E-state index in [0.29, 0.717) is 0 Å². The van der Waals surface area contributed by atoms with E-state index in [-0.39, 0.29) is 0 Å². The highest BCUT2D eigenvalue weighted by atomic mass is 15.3. The number of nitrogens with one attached hydrogen (secondary N) is 1.